The molecule has 2 rings (SSSR count). The molecule has 0 saturated heterocycles. The average Bonchev–Trinajstić information content (AvgIpc) is 3.04. The molecule has 2 aliphatic carbocycles. The van der Waals surface area contributed by atoms with Crippen LogP contribution in [0.5, 0.6) is 0 Å². The summed E-state index contributed by atoms with van der Waals surface area (Å²) in [6.07, 6.45) is 21.0. The van der Waals surface area contributed by atoms with E-state index in [1.54, 1.807) is 0 Å². The predicted octanol–water partition coefficient (Wildman–Crippen LogP) is 0.518. The molecule has 2 aliphatic rings. The second kappa shape index (κ2) is 17.5. The van der Waals surface area contributed by atoms with Gasteiger partial charge in [-0.05, 0) is 0 Å². The Morgan fingerprint density at radius 1 is 0.783 bits per heavy atom. The van der Waals surface area contributed by atoms with E-state index < -0.39 is 0 Å². The van der Waals surface area contributed by atoms with E-state index in [2.05, 4.69) is 52.0 Å². The van der Waals surface area contributed by atoms with E-state index in [4.69, 9.17) is 0 Å². The Kier molecular flexibility index (Phi) is 21.6. The molecule has 0 fully saturated rings. The van der Waals surface area contributed by atoms with Gasteiger partial charge in [-0.25, -0.2) is 22.3 Å². The van der Waals surface area contributed by atoms with Crippen LogP contribution in [0.2, 0.25) is 0 Å². The van der Waals surface area contributed by atoms with Crippen LogP contribution in [-0.4, -0.2) is 0 Å². The van der Waals surface area contributed by atoms with Gasteiger partial charge in [0.1, 0.15) is 0 Å². The van der Waals surface area contributed by atoms with E-state index in [9.17, 15) is 0 Å². The number of allylic oxidation sites excluding steroid dienone is 8. The normalized spacial score (nSPS) is 14.8. The molecule has 0 N–H and O–H groups in total. The van der Waals surface area contributed by atoms with Gasteiger partial charge >= 0.3 is 21.7 Å². The van der Waals surface area contributed by atoms with Crippen LogP contribution in [0.15, 0.2) is 34.4 Å². The summed E-state index contributed by atoms with van der Waals surface area (Å²) in [4.78, 5) is 0. The summed E-state index contributed by atoms with van der Waals surface area (Å²) in [6.45, 7) is 8.83. The Balaban J connectivity index is -0.000000308. The van der Waals surface area contributed by atoms with Crippen LogP contribution in [-0.2, 0) is 21.7 Å². The topological polar surface area (TPSA) is 0 Å². The third-order valence-corrected chi connectivity index (χ3v) is 3.96. The Hall–Kier alpha value is 0.634. The third-order valence-electron chi connectivity index (χ3n) is 3.96. The van der Waals surface area contributed by atoms with Crippen molar-refractivity contribution in [3.63, 3.8) is 0 Å². The zero-order chi connectivity index (χ0) is 14.8. The molecule has 0 aromatic rings. The van der Waals surface area contributed by atoms with Gasteiger partial charge in [-0.2, -0.15) is 12.2 Å². The minimum Gasteiger partial charge on any atom is -1.00 e. The molecule has 0 radical (unpaired) electrons. The van der Waals surface area contributed by atoms with Crippen LogP contribution in [0.4, 0.5) is 0 Å². The van der Waals surface area contributed by atoms with E-state index in [-0.39, 0.29) is 55.7 Å². The van der Waals surface area contributed by atoms with E-state index in [1.807, 2.05) is 0 Å². The molecule has 0 atom stereocenters. The second-order valence-corrected chi connectivity index (χ2v) is 5.70. The molecule has 0 spiro atoms. The van der Waals surface area contributed by atoms with E-state index >= 15 is 0 Å². The van der Waals surface area contributed by atoms with Gasteiger partial charge in [-0.3, -0.25) is 12.2 Å². The van der Waals surface area contributed by atoms with Crippen LogP contribution in [0.25, 0.3) is 0 Å². The minimum atomic E-state index is 0. The first-order valence-corrected chi connectivity index (χ1v) is 8.22. The van der Waals surface area contributed by atoms with Crippen molar-refractivity contribution < 1.29 is 55.7 Å². The van der Waals surface area contributed by atoms with Crippen molar-refractivity contribution >= 4 is 0 Å². The van der Waals surface area contributed by atoms with Crippen molar-refractivity contribution in [2.75, 3.05) is 0 Å². The monoisotopic (exact) mass is 476 g/mol. The van der Waals surface area contributed by atoms with Crippen LogP contribution in [0.1, 0.15) is 79.1 Å². The molecule has 0 bridgehead atoms. The molecule has 0 heterocycles. The Bertz CT molecular complexity index is 377. The smallest absolute Gasteiger partial charge is 1.00 e. The zero-order valence-electron chi connectivity index (χ0n) is 15.1. The summed E-state index contributed by atoms with van der Waals surface area (Å²) in [7, 11) is 0. The van der Waals surface area contributed by atoms with Gasteiger partial charge in [-0.1, -0.05) is 52.4 Å². The molecule has 128 valence electrons. The Morgan fingerprint density at radius 2 is 1.13 bits per heavy atom. The molecule has 0 aromatic carbocycles. The number of rotatable bonds is 6. The van der Waals surface area contributed by atoms with E-state index in [0.29, 0.717) is 0 Å². The summed E-state index contributed by atoms with van der Waals surface area (Å²) >= 11 is 0. The van der Waals surface area contributed by atoms with Gasteiger partial charge in [0.2, 0.25) is 0 Å². The molecule has 0 aromatic heterocycles. The molecular formula is C20H30Br2Ti. The molecule has 3 heteroatoms. The maximum atomic E-state index is 3.37. The molecule has 23 heavy (non-hydrogen) atoms. The summed E-state index contributed by atoms with van der Waals surface area (Å²) in [5, 5.41) is 0. The first-order chi connectivity index (χ1) is 9.69. The fraction of sp³-hybridized carbons (Fsp3) is 0.600. The number of hydrogen-bond donors (Lipinski definition) is 0. The quantitative estimate of drug-likeness (QED) is 0.386. The third kappa shape index (κ3) is 11.8. The standard InChI is InChI=1S/2C10H15.2BrH.Ti/c2*1-3-4-7-10-8-5-6-9(10)2;;;/h2*6H,3-5,7H2,1-2H3;2*1H;/q2*-1;;;+4/p-2. The average molecular weight is 478 g/mol. The summed E-state index contributed by atoms with van der Waals surface area (Å²) in [5.41, 5.74) is 5.82. The Labute approximate surface area is 180 Å². The molecule has 0 saturated carbocycles. The van der Waals surface area contributed by atoms with Crippen LogP contribution >= 0.6 is 0 Å². The van der Waals surface area contributed by atoms with Gasteiger partial charge in [-0.15, -0.1) is 26.7 Å². The largest absolute Gasteiger partial charge is 4.00 e. The van der Waals surface area contributed by atoms with E-state index in [0.717, 1.165) is 12.8 Å². The first-order valence-electron chi connectivity index (χ1n) is 8.22. The number of halogens is 2. The van der Waals surface area contributed by atoms with Gasteiger partial charge in [0.25, 0.3) is 0 Å². The summed E-state index contributed by atoms with van der Waals surface area (Å²) in [6, 6.07) is 0. The second-order valence-electron chi connectivity index (χ2n) is 5.70. The molecular weight excluding hydrogens is 448 g/mol. The summed E-state index contributed by atoms with van der Waals surface area (Å²) < 4.78 is 0. The van der Waals surface area contributed by atoms with Crippen LogP contribution in [0, 0.1) is 12.2 Å². The number of hydrogen-bond acceptors (Lipinski definition) is 0. The molecule has 0 aliphatic heterocycles. The van der Waals surface area contributed by atoms with Crippen molar-refractivity contribution in [3.8, 4) is 0 Å². The SMILES string of the molecule is CCCCC1=[C-]CC=C1C.CCCCC1=[C-]CC=C1C.[Br-].[Br-].[Ti+4]. The van der Waals surface area contributed by atoms with E-state index in [1.165, 1.54) is 60.8 Å². The fourth-order valence-corrected chi connectivity index (χ4v) is 2.46. The molecule has 0 unspecified atom stereocenters. The van der Waals surface area contributed by atoms with Gasteiger partial charge < -0.3 is 34.0 Å². The molecule has 0 nitrogen and oxygen atoms in total. The van der Waals surface area contributed by atoms with Gasteiger partial charge in [0, 0.05) is 0 Å². The van der Waals surface area contributed by atoms with Crippen molar-refractivity contribution in [1.29, 1.82) is 0 Å². The van der Waals surface area contributed by atoms with Gasteiger partial charge in [0.15, 0.2) is 0 Å². The fourth-order valence-electron chi connectivity index (χ4n) is 2.46. The van der Waals surface area contributed by atoms with Crippen molar-refractivity contribution in [1.82, 2.24) is 0 Å². The molecule has 0 amide bonds. The predicted molar refractivity (Wildman–Crippen MR) is 89.3 cm³/mol. The van der Waals surface area contributed by atoms with Crippen molar-refractivity contribution in [2.45, 2.75) is 79.1 Å². The first kappa shape index (κ1) is 28.4. The maximum Gasteiger partial charge on any atom is 4.00 e. The van der Waals surface area contributed by atoms with Crippen molar-refractivity contribution in [3.05, 3.63) is 46.6 Å². The zero-order valence-corrected chi connectivity index (χ0v) is 19.8. The minimum absolute atomic E-state index is 0. The Morgan fingerprint density at radius 3 is 1.35 bits per heavy atom. The number of unbranched alkanes of at least 4 members (excludes halogenated alkanes) is 2. The summed E-state index contributed by atoms with van der Waals surface area (Å²) in [5.74, 6) is 0. The van der Waals surface area contributed by atoms with Crippen LogP contribution in [0.3, 0.4) is 0 Å². The van der Waals surface area contributed by atoms with Gasteiger partial charge in [0.05, 0.1) is 0 Å². The maximum absolute atomic E-state index is 3.37. The van der Waals surface area contributed by atoms with Crippen molar-refractivity contribution in [2.24, 2.45) is 0 Å². The van der Waals surface area contributed by atoms with Crippen LogP contribution < -0.4 is 34.0 Å².